The monoisotopic (exact) mass is 231 g/mol. The summed E-state index contributed by atoms with van der Waals surface area (Å²) < 4.78 is 0. The number of thioether (sulfide) groups is 1. The molecule has 0 amide bonds. The predicted octanol–water partition coefficient (Wildman–Crippen LogP) is 3.27. The minimum atomic E-state index is 0.299. The van der Waals surface area contributed by atoms with E-state index in [-0.39, 0.29) is 0 Å². The standard InChI is InChI=1S/C13H13NOS/c14-11-3-1-2-10(8-11)9-16-13-6-4-12(15)5-7-13/h1-8,15H,9,14H2. The van der Waals surface area contributed by atoms with Crippen LogP contribution in [-0.2, 0) is 5.75 Å². The molecule has 0 spiro atoms. The summed E-state index contributed by atoms with van der Waals surface area (Å²) in [5.41, 5.74) is 7.71. The first-order chi connectivity index (χ1) is 7.74. The Hall–Kier alpha value is -1.61. The number of aromatic hydroxyl groups is 1. The second-order valence-electron chi connectivity index (χ2n) is 3.53. The van der Waals surface area contributed by atoms with Crippen molar-refractivity contribution in [1.82, 2.24) is 0 Å². The number of benzene rings is 2. The highest BCUT2D eigenvalue weighted by Crippen LogP contribution is 2.24. The second-order valence-corrected chi connectivity index (χ2v) is 4.58. The number of rotatable bonds is 3. The van der Waals surface area contributed by atoms with Crippen molar-refractivity contribution in [2.45, 2.75) is 10.6 Å². The first-order valence-corrected chi connectivity index (χ1v) is 5.99. The van der Waals surface area contributed by atoms with Gasteiger partial charge in [-0.1, -0.05) is 12.1 Å². The van der Waals surface area contributed by atoms with Crippen molar-refractivity contribution in [2.75, 3.05) is 5.73 Å². The van der Waals surface area contributed by atoms with Crippen LogP contribution in [0.1, 0.15) is 5.56 Å². The fourth-order valence-electron chi connectivity index (χ4n) is 1.39. The highest BCUT2D eigenvalue weighted by Gasteiger charge is 1.97. The van der Waals surface area contributed by atoms with Crippen LogP contribution in [0.4, 0.5) is 5.69 Å². The first-order valence-electron chi connectivity index (χ1n) is 5.00. The van der Waals surface area contributed by atoms with Gasteiger partial charge >= 0.3 is 0 Å². The number of hydrogen-bond acceptors (Lipinski definition) is 3. The fraction of sp³-hybridized carbons (Fsp3) is 0.0769. The van der Waals surface area contributed by atoms with Gasteiger partial charge in [-0.25, -0.2) is 0 Å². The van der Waals surface area contributed by atoms with Gasteiger partial charge in [0.2, 0.25) is 0 Å². The van der Waals surface area contributed by atoms with E-state index in [2.05, 4.69) is 6.07 Å². The highest BCUT2D eigenvalue weighted by molar-refractivity contribution is 7.98. The Morgan fingerprint density at radius 3 is 2.50 bits per heavy atom. The van der Waals surface area contributed by atoms with E-state index >= 15 is 0 Å². The first kappa shape index (κ1) is 10.9. The van der Waals surface area contributed by atoms with Crippen LogP contribution in [0.15, 0.2) is 53.4 Å². The molecule has 0 aliphatic heterocycles. The van der Waals surface area contributed by atoms with Gasteiger partial charge in [-0.15, -0.1) is 11.8 Å². The molecule has 0 heterocycles. The maximum absolute atomic E-state index is 9.15. The van der Waals surface area contributed by atoms with Crippen LogP contribution < -0.4 is 5.73 Å². The number of nitrogens with two attached hydrogens (primary N) is 1. The second kappa shape index (κ2) is 4.94. The molecule has 0 unspecified atom stereocenters. The molecule has 0 aliphatic rings. The van der Waals surface area contributed by atoms with Gasteiger partial charge in [0.05, 0.1) is 0 Å². The molecule has 82 valence electrons. The average molecular weight is 231 g/mol. The summed E-state index contributed by atoms with van der Waals surface area (Å²) in [6.07, 6.45) is 0. The van der Waals surface area contributed by atoms with Crippen molar-refractivity contribution in [3.63, 3.8) is 0 Å². The minimum absolute atomic E-state index is 0.299. The average Bonchev–Trinajstić information content (AvgIpc) is 2.28. The van der Waals surface area contributed by atoms with Crippen molar-refractivity contribution in [3.8, 4) is 5.75 Å². The number of nitrogen functional groups attached to an aromatic ring is 1. The molecule has 2 rings (SSSR count). The Kier molecular flexibility index (Phi) is 3.37. The molecule has 3 heteroatoms. The highest BCUT2D eigenvalue weighted by atomic mass is 32.2. The zero-order valence-electron chi connectivity index (χ0n) is 8.76. The van der Waals surface area contributed by atoms with Crippen LogP contribution >= 0.6 is 11.8 Å². The summed E-state index contributed by atoms with van der Waals surface area (Å²) in [6.45, 7) is 0. The molecule has 0 aromatic heterocycles. The molecule has 3 N–H and O–H groups in total. The molecular weight excluding hydrogens is 218 g/mol. The Balaban J connectivity index is 1.99. The van der Waals surface area contributed by atoms with Crippen LogP contribution in [0.3, 0.4) is 0 Å². The zero-order valence-corrected chi connectivity index (χ0v) is 9.58. The molecule has 0 atom stereocenters. The van der Waals surface area contributed by atoms with Gasteiger partial charge in [0.25, 0.3) is 0 Å². The molecule has 0 bridgehead atoms. The van der Waals surface area contributed by atoms with Crippen molar-refractivity contribution >= 4 is 17.4 Å². The van der Waals surface area contributed by atoms with Crippen molar-refractivity contribution in [2.24, 2.45) is 0 Å². The van der Waals surface area contributed by atoms with Gasteiger partial charge in [0, 0.05) is 16.3 Å². The van der Waals surface area contributed by atoms with E-state index < -0.39 is 0 Å². The van der Waals surface area contributed by atoms with Crippen molar-refractivity contribution in [1.29, 1.82) is 0 Å². The summed E-state index contributed by atoms with van der Waals surface area (Å²) in [6, 6.07) is 15.1. The lowest BCUT2D eigenvalue weighted by Crippen LogP contribution is -1.86. The maximum Gasteiger partial charge on any atom is 0.115 e. The third kappa shape index (κ3) is 2.94. The van der Waals surface area contributed by atoms with E-state index in [1.807, 2.05) is 30.3 Å². The van der Waals surface area contributed by atoms with Gasteiger partial charge in [0.15, 0.2) is 0 Å². The number of anilines is 1. The van der Waals surface area contributed by atoms with Crippen molar-refractivity contribution < 1.29 is 5.11 Å². The molecule has 0 saturated carbocycles. The predicted molar refractivity (Wildman–Crippen MR) is 68.5 cm³/mol. The summed E-state index contributed by atoms with van der Waals surface area (Å²) >= 11 is 1.72. The zero-order chi connectivity index (χ0) is 11.4. The lowest BCUT2D eigenvalue weighted by atomic mass is 10.2. The summed E-state index contributed by atoms with van der Waals surface area (Å²) in [4.78, 5) is 1.14. The van der Waals surface area contributed by atoms with E-state index in [1.54, 1.807) is 23.9 Å². The Morgan fingerprint density at radius 2 is 1.81 bits per heavy atom. The normalized spacial score (nSPS) is 10.2. The number of phenols is 1. The lowest BCUT2D eigenvalue weighted by Gasteiger charge is -2.03. The van der Waals surface area contributed by atoms with E-state index in [4.69, 9.17) is 10.8 Å². The Labute approximate surface area is 99.1 Å². The van der Waals surface area contributed by atoms with E-state index in [0.29, 0.717) is 5.75 Å². The van der Waals surface area contributed by atoms with Crippen LogP contribution in [-0.4, -0.2) is 5.11 Å². The van der Waals surface area contributed by atoms with Crippen LogP contribution in [0, 0.1) is 0 Å². The smallest absolute Gasteiger partial charge is 0.115 e. The van der Waals surface area contributed by atoms with Gasteiger partial charge in [0.1, 0.15) is 5.75 Å². The van der Waals surface area contributed by atoms with Gasteiger partial charge in [-0.05, 0) is 42.0 Å². The summed E-state index contributed by atoms with van der Waals surface area (Å²) in [5, 5.41) is 9.15. The molecule has 2 aromatic carbocycles. The molecule has 2 aromatic rings. The van der Waals surface area contributed by atoms with Gasteiger partial charge < -0.3 is 10.8 Å². The Bertz CT molecular complexity index is 468. The molecule has 0 radical (unpaired) electrons. The molecule has 0 saturated heterocycles. The third-order valence-corrected chi connectivity index (χ3v) is 3.28. The van der Waals surface area contributed by atoms with Crippen LogP contribution in [0.2, 0.25) is 0 Å². The van der Waals surface area contributed by atoms with E-state index in [9.17, 15) is 0 Å². The largest absolute Gasteiger partial charge is 0.508 e. The molecule has 0 aliphatic carbocycles. The van der Waals surface area contributed by atoms with Crippen LogP contribution in [0.25, 0.3) is 0 Å². The van der Waals surface area contributed by atoms with Crippen molar-refractivity contribution in [3.05, 3.63) is 54.1 Å². The SMILES string of the molecule is Nc1cccc(CSc2ccc(O)cc2)c1. The van der Waals surface area contributed by atoms with Crippen LogP contribution in [0.5, 0.6) is 5.75 Å². The number of hydrogen-bond donors (Lipinski definition) is 2. The maximum atomic E-state index is 9.15. The molecule has 2 nitrogen and oxygen atoms in total. The molecule has 0 fully saturated rings. The fourth-order valence-corrected chi connectivity index (χ4v) is 2.23. The van der Waals surface area contributed by atoms with E-state index in [1.165, 1.54) is 5.56 Å². The summed E-state index contributed by atoms with van der Waals surface area (Å²) in [7, 11) is 0. The quantitative estimate of drug-likeness (QED) is 0.629. The Morgan fingerprint density at radius 1 is 1.06 bits per heavy atom. The van der Waals surface area contributed by atoms with E-state index in [0.717, 1.165) is 16.3 Å². The molecular formula is C13H13NOS. The van der Waals surface area contributed by atoms with Gasteiger partial charge in [-0.3, -0.25) is 0 Å². The third-order valence-electron chi connectivity index (χ3n) is 2.19. The lowest BCUT2D eigenvalue weighted by molar-refractivity contribution is 0.475. The topological polar surface area (TPSA) is 46.2 Å². The minimum Gasteiger partial charge on any atom is -0.508 e. The van der Waals surface area contributed by atoms with Gasteiger partial charge in [-0.2, -0.15) is 0 Å². The summed E-state index contributed by atoms with van der Waals surface area (Å²) in [5.74, 6) is 1.18. The number of phenolic OH excluding ortho intramolecular Hbond substituents is 1. The molecule has 16 heavy (non-hydrogen) atoms.